The van der Waals surface area contributed by atoms with E-state index in [1.807, 2.05) is 29.2 Å². The molecule has 1 unspecified atom stereocenters. The van der Waals surface area contributed by atoms with Crippen molar-refractivity contribution in [3.8, 4) is 0 Å². The van der Waals surface area contributed by atoms with Crippen LogP contribution in [0, 0.1) is 0 Å². The highest BCUT2D eigenvalue weighted by atomic mass is 16.5. The van der Waals surface area contributed by atoms with Gasteiger partial charge in [0.1, 0.15) is 6.04 Å². The van der Waals surface area contributed by atoms with Crippen LogP contribution in [-0.4, -0.2) is 31.7 Å². The number of anilines is 2. The average molecular weight is 221 g/mol. The number of hydrogen-bond acceptors (Lipinski definition) is 4. The molecule has 5 heteroatoms. The largest absolute Gasteiger partial charge is 0.397 e. The lowest BCUT2D eigenvalue weighted by molar-refractivity contribution is -0.121. The van der Waals surface area contributed by atoms with Gasteiger partial charge in [0.15, 0.2) is 0 Å². The van der Waals surface area contributed by atoms with Gasteiger partial charge < -0.3 is 21.1 Å². The molecular formula is C11H15N3O2. The summed E-state index contributed by atoms with van der Waals surface area (Å²) in [6.07, 6.45) is 0. The Hall–Kier alpha value is -1.75. The van der Waals surface area contributed by atoms with E-state index in [0.29, 0.717) is 25.4 Å². The maximum absolute atomic E-state index is 11.3. The molecular weight excluding hydrogens is 206 g/mol. The molecule has 1 saturated heterocycles. The van der Waals surface area contributed by atoms with Gasteiger partial charge in [0.05, 0.1) is 24.6 Å². The molecule has 1 aliphatic rings. The van der Waals surface area contributed by atoms with Crippen LogP contribution in [0.5, 0.6) is 0 Å². The lowest BCUT2D eigenvalue weighted by Crippen LogP contribution is -2.52. The van der Waals surface area contributed by atoms with Gasteiger partial charge in [-0.2, -0.15) is 0 Å². The minimum atomic E-state index is -0.432. The highest BCUT2D eigenvalue weighted by Crippen LogP contribution is 2.25. The molecule has 0 bridgehead atoms. The van der Waals surface area contributed by atoms with E-state index in [9.17, 15) is 4.79 Å². The highest BCUT2D eigenvalue weighted by molar-refractivity contribution is 5.85. The van der Waals surface area contributed by atoms with Crippen LogP contribution in [0.1, 0.15) is 0 Å². The first-order valence-corrected chi connectivity index (χ1v) is 5.18. The van der Waals surface area contributed by atoms with E-state index in [-0.39, 0.29) is 5.91 Å². The quantitative estimate of drug-likeness (QED) is 0.686. The molecule has 1 aromatic rings. The van der Waals surface area contributed by atoms with Crippen molar-refractivity contribution < 1.29 is 9.53 Å². The van der Waals surface area contributed by atoms with Crippen molar-refractivity contribution >= 4 is 17.3 Å². The zero-order valence-electron chi connectivity index (χ0n) is 8.93. The van der Waals surface area contributed by atoms with Gasteiger partial charge in [-0.25, -0.2) is 0 Å². The molecule has 16 heavy (non-hydrogen) atoms. The Labute approximate surface area is 94.0 Å². The third kappa shape index (κ3) is 1.94. The number of rotatable bonds is 2. The van der Waals surface area contributed by atoms with E-state index in [1.54, 1.807) is 0 Å². The molecule has 1 heterocycles. The molecule has 0 aliphatic carbocycles. The Morgan fingerprint density at radius 1 is 1.44 bits per heavy atom. The summed E-state index contributed by atoms with van der Waals surface area (Å²) in [5.41, 5.74) is 12.7. The molecule has 0 spiro atoms. The number of nitrogens with two attached hydrogens (primary N) is 2. The second-order valence-corrected chi connectivity index (χ2v) is 3.75. The Kier molecular flexibility index (Phi) is 2.96. The second-order valence-electron chi connectivity index (χ2n) is 3.75. The van der Waals surface area contributed by atoms with E-state index < -0.39 is 6.04 Å². The van der Waals surface area contributed by atoms with E-state index in [0.717, 1.165) is 5.69 Å². The SMILES string of the molecule is NC(=O)C1COCCN1c1ccccc1N. The molecule has 4 N–H and O–H groups in total. The predicted molar refractivity (Wildman–Crippen MR) is 62.0 cm³/mol. The van der Waals surface area contributed by atoms with Gasteiger partial charge in [0.25, 0.3) is 0 Å². The number of primary amides is 1. The summed E-state index contributed by atoms with van der Waals surface area (Å²) in [6, 6.07) is 7.01. The van der Waals surface area contributed by atoms with Gasteiger partial charge in [-0.05, 0) is 12.1 Å². The number of morpholine rings is 1. The van der Waals surface area contributed by atoms with Crippen molar-refractivity contribution in [2.75, 3.05) is 30.4 Å². The minimum Gasteiger partial charge on any atom is -0.397 e. The maximum atomic E-state index is 11.3. The number of para-hydroxylation sites is 2. The van der Waals surface area contributed by atoms with Crippen molar-refractivity contribution in [1.29, 1.82) is 0 Å². The molecule has 1 aromatic carbocycles. The van der Waals surface area contributed by atoms with Gasteiger partial charge in [-0.1, -0.05) is 12.1 Å². The average Bonchev–Trinajstić information content (AvgIpc) is 2.29. The smallest absolute Gasteiger partial charge is 0.242 e. The molecule has 0 radical (unpaired) electrons. The summed E-state index contributed by atoms with van der Waals surface area (Å²) < 4.78 is 5.25. The fourth-order valence-electron chi connectivity index (χ4n) is 1.88. The van der Waals surface area contributed by atoms with Gasteiger partial charge in [-0.3, -0.25) is 4.79 Å². The van der Waals surface area contributed by atoms with Crippen LogP contribution in [-0.2, 0) is 9.53 Å². The summed E-state index contributed by atoms with van der Waals surface area (Å²) in [7, 11) is 0. The predicted octanol–water partition coefficient (Wildman–Crippen LogP) is -0.0407. The highest BCUT2D eigenvalue weighted by Gasteiger charge is 2.28. The lowest BCUT2D eigenvalue weighted by Gasteiger charge is -2.35. The van der Waals surface area contributed by atoms with Crippen molar-refractivity contribution in [3.05, 3.63) is 24.3 Å². The summed E-state index contributed by atoms with van der Waals surface area (Å²) in [5.74, 6) is -0.386. The normalized spacial score (nSPS) is 20.8. The first kappa shape index (κ1) is 10.8. The minimum absolute atomic E-state index is 0.323. The van der Waals surface area contributed by atoms with Crippen LogP contribution in [0.25, 0.3) is 0 Å². The standard InChI is InChI=1S/C11H15N3O2/c12-8-3-1-2-4-9(8)14-5-6-16-7-10(14)11(13)15/h1-4,10H,5-7,12H2,(H2,13,15). The fraction of sp³-hybridized carbons (Fsp3) is 0.364. The van der Waals surface area contributed by atoms with Crippen molar-refractivity contribution in [3.63, 3.8) is 0 Å². The Morgan fingerprint density at radius 3 is 2.88 bits per heavy atom. The van der Waals surface area contributed by atoms with Crippen LogP contribution in [0.4, 0.5) is 11.4 Å². The summed E-state index contributed by atoms with van der Waals surface area (Å²) >= 11 is 0. The summed E-state index contributed by atoms with van der Waals surface area (Å²) in [6.45, 7) is 1.53. The topological polar surface area (TPSA) is 81.6 Å². The first-order valence-electron chi connectivity index (χ1n) is 5.18. The Bertz CT molecular complexity index is 395. The molecule has 0 aromatic heterocycles. The molecule has 1 atom stereocenters. The third-order valence-electron chi connectivity index (χ3n) is 2.70. The number of benzene rings is 1. The number of nitrogen functional groups attached to an aromatic ring is 1. The van der Waals surface area contributed by atoms with Crippen LogP contribution in [0.15, 0.2) is 24.3 Å². The summed E-state index contributed by atoms with van der Waals surface area (Å²) in [5, 5.41) is 0. The number of amides is 1. The zero-order valence-corrected chi connectivity index (χ0v) is 8.93. The molecule has 2 rings (SSSR count). The molecule has 86 valence electrons. The van der Waals surface area contributed by atoms with Gasteiger partial charge in [0, 0.05) is 6.54 Å². The van der Waals surface area contributed by atoms with Crippen LogP contribution >= 0.6 is 0 Å². The number of ether oxygens (including phenoxy) is 1. The van der Waals surface area contributed by atoms with Gasteiger partial charge in [0.2, 0.25) is 5.91 Å². The van der Waals surface area contributed by atoms with Crippen molar-refractivity contribution in [2.45, 2.75) is 6.04 Å². The van der Waals surface area contributed by atoms with Crippen LogP contribution < -0.4 is 16.4 Å². The van der Waals surface area contributed by atoms with E-state index >= 15 is 0 Å². The van der Waals surface area contributed by atoms with Crippen LogP contribution in [0.2, 0.25) is 0 Å². The number of carbonyl (C=O) groups is 1. The van der Waals surface area contributed by atoms with E-state index in [4.69, 9.17) is 16.2 Å². The number of carbonyl (C=O) groups excluding carboxylic acids is 1. The van der Waals surface area contributed by atoms with Gasteiger partial charge in [-0.15, -0.1) is 0 Å². The molecule has 5 nitrogen and oxygen atoms in total. The molecule has 0 saturated carbocycles. The molecule has 1 aliphatic heterocycles. The maximum Gasteiger partial charge on any atom is 0.242 e. The zero-order chi connectivity index (χ0) is 11.5. The molecule has 1 fully saturated rings. The number of hydrogen-bond donors (Lipinski definition) is 2. The number of nitrogens with zero attached hydrogens (tertiary/aromatic N) is 1. The first-order chi connectivity index (χ1) is 7.70. The fourth-order valence-corrected chi connectivity index (χ4v) is 1.88. The third-order valence-corrected chi connectivity index (χ3v) is 2.70. The monoisotopic (exact) mass is 221 g/mol. The van der Waals surface area contributed by atoms with E-state index in [2.05, 4.69) is 0 Å². The van der Waals surface area contributed by atoms with Crippen molar-refractivity contribution in [1.82, 2.24) is 0 Å². The van der Waals surface area contributed by atoms with Crippen LogP contribution in [0.3, 0.4) is 0 Å². The Balaban J connectivity index is 2.30. The summed E-state index contributed by atoms with van der Waals surface area (Å²) in [4.78, 5) is 13.2. The lowest BCUT2D eigenvalue weighted by atomic mass is 10.1. The van der Waals surface area contributed by atoms with Gasteiger partial charge >= 0.3 is 0 Å². The Morgan fingerprint density at radius 2 is 2.19 bits per heavy atom. The van der Waals surface area contributed by atoms with E-state index in [1.165, 1.54) is 0 Å². The van der Waals surface area contributed by atoms with Crippen molar-refractivity contribution in [2.24, 2.45) is 5.73 Å². The molecule has 1 amide bonds. The second kappa shape index (κ2) is 4.40.